The van der Waals surface area contributed by atoms with Crippen molar-refractivity contribution in [1.29, 1.82) is 0 Å². The van der Waals surface area contributed by atoms with Crippen LogP contribution >= 0.6 is 0 Å². The van der Waals surface area contributed by atoms with Gasteiger partial charge in [0.25, 0.3) is 5.91 Å². The number of carbonyl (C=O) groups excluding carboxylic acids is 1. The molecule has 0 aromatic carbocycles. The zero-order valence-corrected chi connectivity index (χ0v) is 9.34. The minimum absolute atomic E-state index is 0.0937. The van der Waals surface area contributed by atoms with E-state index in [1.165, 1.54) is 6.42 Å². The van der Waals surface area contributed by atoms with Gasteiger partial charge in [0, 0.05) is 13.2 Å². The van der Waals surface area contributed by atoms with Gasteiger partial charge in [0.05, 0.1) is 0 Å². The molecule has 0 aromatic rings. The van der Waals surface area contributed by atoms with Crippen LogP contribution in [-0.2, 0) is 9.53 Å². The largest absolute Gasteiger partial charge is 0.368 e. The van der Waals surface area contributed by atoms with Crippen molar-refractivity contribution in [2.45, 2.75) is 43.7 Å². The first-order valence-corrected chi connectivity index (χ1v) is 5.84. The van der Waals surface area contributed by atoms with Crippen LogP contribution in [0.1, 0.15) is 32.1 Å². The maximum atomic E-state index is 12.1. The molecule has 4 nitrogen and oxygen atoms in total. The highest BCUT2D eigenvalue weighted by Crippen LogP contribution is 2.25. The van der Waals surface area contributed by atoms with Crippen LogP contribution in [0, 0.1) is 0 Å². The van der Waals surface area contributed by atoms with Gasteiger partial charge in [0.15, 0.2) is 0 Å². The summed E-state index contributed by atoms with van der Waals surface area (Å²) in [5.74, 6) is 0.0937. The number of carbonyl (C=O) groups is 1. The minimum Gasteiger partial charge on any atom is -0.368 e. The van der Waals surface area contributed by atoms with Crippen molar-refractivity contribution in [3.05, 3.63) is 0 Å². The van der Waals surface area contributed by atoms with Gasteiger partial charge in [-0.15, -0.1) is 0 Å². The predicted molar refractivity (Wildman–Crippen MR) is 57.6 cm³/mol. The van der Waals surface area contributed by atoms with Crippen LogP contribution in [-0.4, -0.2) is 37.7 Å². The van der Waals surface area contributed by atoms with Crippen LogP contribution in [0.3, 0.4) is 0 Å². The highest BCUT2D eigenvalue weighted by atomic mass is 16.5. The van der Waals surface area contributed by atoms with Gasteiger partial charge in [0.1, 0.15) is 5.60 Å². The van der Waals surface area contributed by atoms with Crippen LogP contribution in [0.15, 0.2) is 0 Å². The highest BCUT2D eigenvalue weighted by molar-refractivity contribution is 5.85. The molecule has 2 N–H and O–H groups in total. The first-order valence-electron chi connectivity index (χ1n) is 5.84. The Hall–Kier alpha value is -0.610. The molecule has 0 aromatic heterocycles. The van der Waals surface area contributed by atoms with E-state index in [0.717, 1.165) is 38.8 Å². The molecular formula is C11H20N2O2. The van der Waals surface area contributed by atoms with Crippen molar-refractivity contribution < 1.29 is 9.53 Å². The molecule has 1 amide bonds. The summed E-state index contributed by atoms with van der Waals surface area (Å²) in [5, 5.41) is 6.34. The number of hydrogen-bond donors (Lipinski definition) is 2. The predicted octanol–water partition coefficient (Wildman–Crippen LogP) is 0.424. The van der Waals surface area contributed by atoms with Gasteiger partial charge in [-0.2, -0.15) is 0 Å². The van der Waals surface area contributed by atoms with E-state index in [0.29, 0.717) is 6.04 Å². The minimum atomic E-state index is -0.569. The molecule has 0 radical (unpaired) electrons. The fourth-order valence-corrected chi connectivity index (χ4v) is 2.22. The van der Waals surface area contributed by atoms with Crippen molar-refractivity contribution in [3.63, 3.8) is 0 Å². The lowest BCUT2D eigenvalue weighted by Crippen LogP contribution is -2.57. The SMILES string of the molecule is COC1(C(=O)NC2CCC2)CCNCC1. The molecule has 2 fully saturated rings. The van der Waals surface area contributed by atoms with Gasteiger partial charge in [-0.1, -0.05) is 0 Å². The summed E-state index contributed by atoms with van der Waals surface area (Å²) in [7, 11) is 1.64. The Labute approximate surface area is 90.8 Å². The van der Waals surface area contributed by atoms with Crippen molar-refractivity contribution in [1.82, 2.24) is 10.6 Å². The molecule has 1 saturated heterocycles. The molecule has 4 heteroatoms. The van der Waals surface area contributed by atoms with Gasteiger partial charge < -0.3 is 15.4 Å². The van der Waals surface area contributed by atoms with E-state index in [1.54, 1.807) is 7.11 Å². The summed E-state index contributed by atoms with van der Waals surface area (Å²) in [6.45, 7) is 1.73. The summed E-state index contributed by atoms with van der Waals surface area (Å²) in [6.07, 6.45) is 5.06. The fourth-order valence-electron chi connectivity index (χ4n) is 2.22. The standard InChI is InChI=1S/C11H20N2O2/c1-15-11(5-7-12-8-6-11)10(14)13-9-3-2-4-9/h9,12H,2-8H2,1H3,(H,13,14). The first kappa shape index (κ1) is 10.9. The third-order valence-electron chi connectivity index (χ3n) is 3.66. The number of rotatable bonds is 3. The maximum absolute atomic E-state index is 12.1. The Morgan fingerprint density at radius 3 is 2.53 bits per heavy atom. The second-order valence-electron chi connectivity index (χ2n) is 4.55. The molecule has 1 heterocycles. The number of amides is 1. The summed E-state index contributed by atoms with van der Waals surface area (Å²) < 4.78 is 5.46. The zero-order chi connectivity index (χ0) is 10.7. The van der Waals surface area contributed by atoms with E-state index in [2.05, 4.69) is 10.6 Å². The molecule has 0 spiro atoms. The van der Waals surface area contributed by atoms with Gasteiger partial charge in [0.2, 0.25) is 0 Å². The average Bonchev–Trinajstić information content (AvgIpc) is 2.24. The summed E-state index contributed by atoms with van der Waals surface area (Å²) in [5.41, 5.74) is -0.569. The highest BCUT2D eigenvalue weighted by Gasteiger charge is 2.40. The topological polar surface area (TPSA) is 50.4 Å². The van der Waals surface area contributed by atoms with Gasteiger partial charge in [-0.25, -0.2) is 0 Å². The lowest BCUT2D eigenvalue weighted by Gasteiger charge is -2.37. The van der Waals surface area contributed by atoms with Crippen LogP contribution in [0.5, 0.6) is 0 Å². The van der Waals surface area contributed by atoms with Gasteiger partial charge >= 0.3 is 0 Å². The molecule has 2 aliphatic rings. The number of piperidine rings is 1. The molecule has 15 heavy (non-hydrogen) atoms. The van der Waals surface area contributed by atoms with Crippen molar-refractivity contribution in [2.75, 3.05) is 20.2 Å². The van der Waals surface area contributed by atoms with E-state index in [-0.39, 0.29) is 5.91 Å². The smallest absolute Gasteiger partial charge is 0.252 e. The van der Waals surface area contributed by atoms with Crippen LogP contribution in [0.4, 0.5) is 0 Å². The summed E-state index contributed by atoms with van der Waals surface area (Å²) >= 11 is 0. The molecule has 2 rings (SSSR count). The molecule has 0 bridgehead atoms. The van der Waals surface area contributed by atoms with Gasteiger partial charge in [-0.05, 0) is 45.2 Å². The number of ether oxygens (including phenoxy) is 1. The zero-order valence-electron chi connectivity index (χ0n) is 9.34. The first-order chi connectivity index (χ1) is 7.27. The molecule has 0 atom stereocenters. The Morgan fingerprint density at radius 1 is 1.40 bits per heavy atom. The van der Waals surface area contributed by atoms with Crippen molar-refractivity contribution in [2.24, 2.45) is 0 Å². The second-order valence-corrected chi connectivity index (χ2v) is 4.55. The van der Waals surface area contributed by atoms with Crippen molar-refractivity contribution in [3.8, 4) is 0 Å². The normalized spacial score (nSPS) is 25.7. The van der Waals surface area contributed by atoms with E-state index in [4.69, 9.17) is 4.74 Å². The Morgan fingerprint density at radius 2 is 2.07 bits per heavy atom. The van der Waals surface area contributed by atoms with E-state index >= 15 is 0 Å². The third kappa shape index (κ3) is 2.16. The maximum Gasteiger partial charge on any atom is 0.252 e. The summed E-state index contributed by atoms with van der Waals surface area (Å²) in [4.78, 5) is 12.1. The molecule has 1 saturated carbocycles. The second kappa shape index (κ2) is 4.49. The van der Waals surface area contributed by atoms with E-state index in [9.17, 15) is 4.79 Å². The van der Waals surface area contributed by atoms with E-state index < -0.39 is 5.60 Å². The lowest BCUT2D eigenvalue weighted by molar-refractivity contribution is -0.148. The molecule has 1 aliphatic heterocycles. The van der Waals surface area contributed by atoms with Crippen molar-refractivity contribution >= 4 is 5.91 Å². The Kier molecular flexibility index (Phi) is 3.26. The van der Waals surface area contributed by atoms with E-state index in [1.807, 2.05) is 0 Å². The molecule has 86 valence electrons. The van der Waals surface area contributed by atoms with Crippen LogP contribution in [0.25, 0.3) is 0 Å². The lowest BCUT2D eigenvalue weighted by atomic mass is 9.88. The molecular weight excluding hydrogens is 192 g/mol. The number of methoxy groups -OCH3 is 1. The summed E-state index contributed by atoms with van der Waals surface area (Å²) in [6, 6.07) is 0.402. The average molecular weight is 212 g/mol. The van der Waals surface area contributed by atoms with Crippen LogP contribution in [0.2, 0.25) is 0 Å². The third-order valence-corrected chi connectivity index (χ3v) is 3.66. The number of nitrogens with one attached hydrogen (secondary N) is 2. The quantitative estimate of drug-likeness (QED) is 0.713. The van der Waals surface area contributed by atoms with Gasteiger partial charge in [-0.3, -0.25) is 4.79 Å². The Bertz CT molecular complexity index is 233. The molecule has 1 aliphatic carbocycles. The van der Waals surface area contributed by atoms with Crippen LogP contribution < -0.4 is 10.6 Å². The number of hydrogen-bond acceptors (Lipinski definition) is 3. The molecule has 0 unspecified atom stereocenters. The fraction of sp³-hybridized carbons (Fsp3) is 0.909. The monoisotopic (exact) mass is 212 g/mol. The Balaban J connectivity index is 1.93.